The van der Waals surface area contributed by atoms with Crippen LogP contribution in [-0.2, 0) is 0 Å². The Balaban J connectivity index is 1.84. The van der Waals surface area contributed by atoms with Gasteiger partial charge in [-0.25, -0.2) is 0 Å². The van der Waals surface area contributed by atoms with Crippen molar-refractivity contribution in [3.05, 3.63) is 35.9 Å². The molecule has 144 valence electrons. The molecule has 1 aliphatic heterocycles. The monoisotopic (exact) mass is 373 g/mol. The molecule has 0 aliphatic carbocycles. The summed E-state index contributed by atoms with van der Waals surface area (Å²) in [6, 6.07) is 8.47. The van der Waals surface area contributed by atoms with Gasteiger partial charge >= 0.3 is 0 Å². The van der Waals surface area contributed by atoms with E-state index in [1.165, 1.54) is 21.3 Å². The van der Waals surface area contributed by atoms with Gasteiger partial charge in [-0.1, -0.05) is 6.92 Å². The van der Waals surface area contributed by atoms with Crippen LogP contribution in [0, 0.1) is 0 Å². The second kappa shape index (κ2) is 7.26. The largest absolute Gasteiger partial charge is 0.493 e. The number of amides is 1. The maximum Gasteiger partial charge on any atom is 0.255 e. The second-order valence-corrected chi connectivity index (χ2v) is 6.22. The van der Waals surface area contributed by atoms with E-state index >= 15 is 0 Å². The van der Waals surface area contributed by atoms with Crippen LogP contribution in [0.15, 0.2) is 30.3 Å². The Labute approximate surface area is 158 Å². The van der Waals surface area contributed by atoms with E-state index in [1.807, 2.05) is 13.8 Å². The standard InChI is InChI=1S/C20H23NO6/c1-6-20(2)26-14-8-7-13(11-15(14)27-20)21-19(22)12-9-16(23-3)18(25-5)17(10-12)24-4/h7-11H,6H2,1-5H3,(H,21,22)/t20-/m0/s1. The van der Waals surface area contributed by atoms with E-state index in [9.17, 15) is 4.79 Å². The molecule has 0 fully saturated rings. The van der Waals surface area contributed by atoms with Crippen LogP contribution in [0.1, 0.15) is 30.6 Å². The number of carbonyl (C=O) groups excluding carboxylic acids is 1. The van der Waals surface area contributed by atoms with Crippen molar-refractivity contribution in [1.82, 2.24) is 0 Å². The molecule has 1 aliphatic rings. The van der Waals surface area contributed by atoms with E-state index in [0.717, 1.165) is 0 Å². The molecule has 2 aromatic carbocycles. The quantitative estimate of drug-likeness (QED) is 0.829. The Hall–Kier alpha value is -3.09. The summed E-state index contributed by atoms with van der Waals surface area (Å²) >= 11 is 0. The number of fused-ring (bicyclic) bond motifs is 1. The Kier molecular flexibility index (Phi) is 5.03. The summed E-state index contributed by atoms with van der Waals surface area (Å²) in [5.41, 5.74) is 0.969. The van der Waals surface area contributed by atoms with E-state index in [1.54, 1.807) is 30.3 Å². The average molecular weight is 373 g/mol. The molecular weight excluding hydrogens is 350 g/mol. The smallest absolute Gasteiger partial charge is 0.255 e. The minimum atomic E-state index is -0.679. The van der Waals surface area contributed by atoms with Gasteiger partial charge in [0.15, 0.2) is 23.0 Å². The van der Waals surface area contributed by atoms with Crippen molar-refractivity contribution in [2.45, 2.75) is 26.1 Å². The fourth-order valence-corrected chi connectivity index (χ4v) is 2.80. The van der Waals surface area contributed by atoms with Gasteiger partial charge in [-0.3, -0.25) is 4.79 Å². The van der Waals surface area contributed by atoms with Gasteiger partial charge in [-0.2, -0.15) is 0 Å². The normalized spacial score (nSPS) is 17.4. The SMILES string of the molecule is CC[C@@]1(C)Oc2ccc(NC(=O)c3cc(OC)c(OC)c(OC)c3)cc2O1. The molecule has 1 N–H and O–H groups in total. The molecule has 0 saturated carbocycles. The molecule has 1 heterocycles. The molecule has 3 rings (SSSR count). The van der Waals surface area contributed by atoms with Crippen LogP contribution in [0.3, 0.4) is 0 Å². The first-order valence-electron chi connectivity index (χ1n) is 8.56. The van der Waals surface area contributed by atoms with Crippen molar-refractivity contribution in [2.75, 3.05) is 26.6 Å². The Morgan fingerprint density at radius 2 is 1.63 bits per heavy atom. The average Bonchev–Trinajstić information content (AvgIpc) is 3.02. The van der Waals surface area contributed by atoms with Crippen LogP contribution < -0.4 is 29.0 Å². The molecule has 0 aromatic heterocycles. The lowest BCUT2D eigenvalue weighted by atomic mass is 10.1. The van der Waals surface area contributed by atoms with Crippen LogP contribution in [-0.4, -0.2) is 33.0 Å². The highest BCUT2D eigenvalue weighted by Crippen LogP contribution is 2.42. The fraction of sp³-hybridized carbons (Fsp3) is 0.350. The zero-order valence-electron chi connectivity index (χ0n) is 16.0. The highest BCUT2D eigenvalue weighted by atomic mass is 16.7. The van der Waals surface area contributed by atoms with Gasteiger partial charge in [0.25, 0.3) is 5.91 Å². The number of hydrogen-bond donors (Lipinski definition) is 1. The summed E-state index contributed by atoms with van der Waals surface area (Å²) in [4.78, 5) is 12.7. The number of anilines is 1. The van der Waals surface area contributed by atoms with Crippen molar-refractivity contribution in [2.24, 2.45) is 0 Å². The minimum Gasteiger partial charge on any atom is -0.493 e. The van der Waals surface area contributed by atoms with Gasteiger partial charge in [0.2, 0.25) is 11.5 Å². The highest BCUT2D eigenvalue weighted by molar-refractivity contribution is 6.05. The third-order valence-corrected chi connectivity index (χ3v) is 4.42. The Morgan fingerprint density at radius 3 is 2.19 bits per heavy atom. The number of nitrogens with one attached hydrogen (secondary N) is 1. The lowest BCUT2D eigenvalue weighted by molar-refractivity contribution is -0.0640. The Bertz CT molecular complexity index is 841. The molecule has 0 radical (unpaired) electrons. The Morgan fingerprint density at radius 1 is 1.00 bits per heavy atom. The number of methoxy groups -OCH3 is 3. The minimum absolute atomic E-state index is 0.314. The van der Waals surface area contributed by atoms with Crippen molar-refractivity contribution in [1.29, 1.82) is 0 Å². The van der Waals surface area contributed by atoms with Crippen LogP contribution in [0.5, 0.6) is 28.7 Å². The number of rotatable bonds is 6. The summed E-state index contributed by atoms with van der Waals surface area (Å²) in [6.45, 7) is 3.86. The van der Waals surface area contributed by atoms with Crippen LogP contribution in [0.2, 0.25) is 0 Å². The van der Waals surface area contributed by atoms with Crippen LogP contribution in [0.4, 0.5) is 5.69 Å². The number of ether oxygens (including phenoxy) is 5. The molecule has 0 spiro atoms. The van der Waals surface area contributed by atoms with Crippen molar-refractivity contribution >= 4 is 11.6 Å². The van der Waals surface area contributed by atoms with Gasteiger partial charge < -0.3 is 29.0 Å². The molecule has 0 bridgehead atoms. The first kappa shape index (κ1) is 18.7. The van der Waals surface area contributed by atoms with E-state index in [0.29, 0.717) is 46.4 Å². The van der Waals surface area contributed by atoms with Gasteiger partial charge in [-0.05, 0) is 24.3 Å². The fourth-order valence-electron chi connectivity index (χ4n) is 2.80. The molecule has 27 heavy (non-hydrogen) atoms. The number of benzene rings is 2. The van der Waals surface area contributed by atoms with E-state index in [4.69, 9.17) is 23.7 Å². The summed E-state index contributed by atoms with van der Waals surface area (Å²) in [5.74, 6) is 1.51. The third-order valence-electron chi connectivity index (χ3n) is 4.42. The zero-order valence-corrected chi connectivity index (χ0v) is 16.0. The zero-order chi connectivity index (χ0) is 19.6. The van der Waals surface area contributed by atoms with Gasteiger partial charge in [-0.15, -0.1) is 0 Å². The van der Waals surface area contributed by atoms with Crippen molar-refractivity contribution < 1.29 is 28.5 Å². The first-order valence-corrected chi connectivity index (χ1v) is 8.56. The third kappa shape index (κ3) is 3.58. The first-order chi connectivity index (χ1) is 12.9. The van der Waals surface area contributed by atoms with E-state index < -0.39 is 5.79 Å². The maximum atomic E-state index is 12.7. The van der Waals surface area contributed by atoms with Crippen molar-refractivity contribution in [3.63, 3.8) is 0 Å². The summed E-state index contributed by atoms with van der Waals surface area (Å²) in [7, 11) is 4.51. The van der Waals surface area contributed by atoms with Gasteiger partial charge in [0.1, 0.15) is 0 Å². The molecular formula is C20H23NO6. The molecule has 1 atom stereocenters. The molecule has 1 amide bonds. The summed E-state index contributed by atoms with van der Waals surface area (Å²) in [5, 5.41) is 2.85. The number of hydrogen-bond acceptors (Lipinski definition) is 6. The van der Waals surface area contributed by atoms with Gasteiger partial charge in [0.05, 0.1) is 21.3 Å². The van der Waals surface area contributed by atoms with Gasteiger partial charge in [0, 0.05) is 30.7 Å². The molecule has 0 unspecified atom stereocenters. The van der Waals surface area contributed by atoms with Crippen molar-refractivity contribution in [3.8, 4) is 28.7 Å². The molecule has 0 saturated heterocycles. The highest BCUT2D eigenvalue weighted by Gasteiger charge is 2.35. The lowest BCUT2D eigenvalue weighted by Crippen LogP contribution is -2.33. The number of carbonyl (C=O) groups is 1. The lowest BCUT2D eigenvalue weighted by Gasteiger charge is -2.20. The van der Waals surface area contributed by atoms with E-state index in [-0.39, 0.29) is 5.91 Å². The molecule has 7 heteroatoms. The molecule has 2 aromatic rings. The predicted molar refractivity (Wildman–Crippen MR) is 100 cm³/mol. The summed E-state index contributed by atoms with van der Waals surface area (Å²) < 4.78 is 27.5. The summed E-state index contributed by atoms with van der Waals surface area (Å²) in [6.07, 6.45) is 0.703. The predicted octanol–water partition coefficient (Wildman–Crippen LogP) is 3.86. The maximum absolute atomic E-state index is 12.7. The van der Waals surface area contributed by atoms with E-state index in [2.05, 4.69) is 5.32 Å². The molecule has 7 nitrogen and oxygen atoms in total. The van der Waals surface area contributed by atoms with Crippen LogP contribution >= 0.6 is 0 Å². The topological polar surface area (TPSA) is 75.3 Å². The van der Waals surface area contributed by atoms with Crippen LogP contribution in [0.25, 0.3) is 0 Å². The second-order valence-electron chi connectivity index (χ2n) is 6.22.